The van der Waals surface area contributed by atoms with Crippen LogP contribution in [0.5, 0.6) is 5.75 Å². The highest BCUT2D eigenvalue weighted by molar-refractivity contribution is 6.06. The number of rotatable bonds is 5. The number of anilines is 2. The second kappa shape index (κ2) is 5.47. The molecule has 1 amide bonds. The summed E-state index contributed by atoms with van der Waals surface area (Å²) in [7, 11) is 0. The maximum absolute atomic E-state index is 12.2. The monoisotopic (exact) mass is 286 g/mol. The summed E-state index contributed by atoms with van der Waals surface area (Å²) < 4.78 is 5.36. The van der Waals surface area contributed by atoms with Crippen LogP contribution in [0.25, 0.3) is 0 Å². The van der Waals surface area contributed by atoms with Crippen LogP contribution >= 0.6 is 0 Å². The highest BCUT2D eigenvalue weighted by Crippen LogP contribution is 2.42. The van der Waals surface area contributed by atoms with Crippen LogP contribution in [0, 0.1) is 0 Å². The molecule has 0 bridgehead atoms. The zero-order valence-corrected chi connectivity index (χ0v) is 11.8. The van der Waals surface area contributed by atoms with Crippen LogP contribution in [0.2, 0.25) is 0 Å². The molecule has 1 saturated carbocycles. The van der Waals surface area contributed by atoms with Crippen LogP contribution in [-0.4, -0.2) is 22.7 Å². The van der Waals surface area contributed by atoms with Crippen LogP contribution in [0.1, 0.15) is 41.9 Å². The molecule has 0 radical (unpaired) electrons. The number of nitrogen functional groups attached to an aromatic ring is 1. The van der Waals surface area contributed by atoms with Gasteiger partial charge in [-0.05, 0) is 44.0 Å². The zero-order chi connectivity index (χ0) is 14.8. The Morgan fingerprint density at radius 2 is 2.14 bits per heavy atom. The van der Waals surface area contributed by atoms with Gasteiger partial charge in [0.2, 0.25) is 0 Å². The third kappa shape index (κ3) is 2.84. The Morgan fingerprint density at radius 3 is 2.76 bits per heavy atom. The summed E-state index contributed by atoms with van der Waals surface area (Å²) in [6, 6.07) is 7.19. The van der Waals surface area contributed by atoms with E-state index in [-0.39, 0.29) is 11.6 Å². The molecule has 1 aliphatic carbocycles. The van der Waals surface area contributed by atoms with E-state index in [0.717, 1.165) is 24.3 Å². The number of nitrogens with two attached hydrogens (primary N) is 1. The van der Waals surface area contributed by atoms with Gasteiger partial charge in [-0.2, -0.15) is 5.10 Å². The van der Waals surface area contributed by atoms with Crippen molar-refractivity contribution in [3.05, 3.63) is 35.7 Å². The first kappa shape index (κ1) is 13.5. The first-order valence-electron chi connectivity index (χ1n) is 7.07. The molecule has 1 fully saturated rings. The standard InChI is InChI=1S/C15H18N4O2/c1-2-21-11-7-5-10(6-8-11)17-15(20)14-12(16)13(18-19-14)9-3-4-9/h5-9H,2-4,16H2,1H3,(H,17,20)(H,18,19). The SMILES string of the molecule is CCOc1ccc(NC(=O)c2n[nH]c(C3CC3)c2N)cc1. The number of aromatic amines is 1. The Kier molecular flexibility index (Phi) is 3.51. The lowest BCUT2D eigenvalue weighted by Crippen LogP contribution is -2.14. The molecule has 0 aliphatic heterocycles. The lowest BCUT2D eigenvalue weighted by Gasteiger charge is -2.06. The second-order valence-corrected chi connectivity index (χ2v) is 5.09. The highest BCUT2D eigenvalue weighted by atomic mass is 16.5. The fourth-order valence-electron chi connectivity index (χ4n) is 2.21. The Morgan fingerprint density at radius 1 is 1.43 bits per heavy atom. The van der Waals surface area contributed by atoms with Crippen LogP contribution in [0.15, 0.2) is 24.3 Å². The van der Waals surface area contributed by atoms with Crippen molar-refractivity contribution in [3.8, 4) is 5.75 Å². The van der Waals surface area contributed by atoms with Gasteiger partial charge in [-0.15, -0.1) is 0 Å². The predicted molar refractivity (Wildman–Crippen MR) is 80.5 cm³/mol. The largest absolute Gasteiger partial charge is 0.494 e. The number of amides is 1. The summed E-state index contributed by atoms with van der Waals surface area (Å²) in [5.41, 5.74) is 8.26. The fraction of sp³-hybridized carbons (Fsp3) is 0.333. The molecule has 4 N–H and O–H groups in total. The van der Waals surface area contributed by atoms with E-state index in [1.54, 1.807) is 12.1 Å². The summed E-state index contributed by atoms with van der Waals surface area (Å²) in [5.74, 6) is 0.898. The van der Waals surface area contributed by atoms with E-state index in [1.807, 2.05) is 19.1 Å². The number of nitrogens with one attached hydrogen (secondary N) is 2. The average molecular weight is 286 g/mol. The normalized spacial score (nSPS) is 14.0. The molecule has 6 nitrogen and oxygen atoms in total. The molecule has 0 unspecified atom stereocenters. The van der Waals surface area contributed by atoms with E-state index < -0.39 is 0 Å². The number of carbonyl (C=O) groups excluding carboxylic acids is 1. The third-order valence-electron chi connectivity index (χ3n) is 3.46. The van der Waals surface area contributed by atoms with Gasteiger partial charge in [-0.3, -0.25) is 9.89 Å². The Labute approximate surface area is 122 Å². The molecule has 0 saturated heterocycles. The Balaban J connectivity index is 1.70. The number of hydrogen-bond acceptors (Lipinski definition) is 4. The molecule has 110 valence electrons. The molecule has 1 heterocycles. The van der Waals surface area contributed by atoms with Crippen molar-refractivity contribution >= 4 is 17.3 Å². The van der Waals surface area contributed by atoms with Crippen molar-refractivity contribution in [1.82, 2.24) is 10.2 Å². The molecule has 0 atom stereocenters. The van der Waals surface area contributed by atoms with Gasteiger partial charge in [0.15, 0.2) is 5.69 Å². The molecule has 1 aromatic heterocycles. The molecule has 0 spiro atoms. The van der Waals surface area contributed by atoms with Gasteiger partial charge in [0.1, 0.15) is 5.75 Å². The number of aromatic nitrogens is 2. The quantitative estimate of drug-likeness (QED) is 0.787. The van der Waals surface area contributed by atoms with Crippen LogP contribution in [0.3, 0.4) is 0 Å². The zero-order valence-electron chi connectivity index (χ0n) is 11.8. The Hall–Kier alpha value is -2.50. The van der Waals surface area contributed by atoms with E-state index in [1.165, 1.54) is 0 Å². The van der Waals surface area contributed by atoms with Crippen molar-refractivity contribution in [1.29, 1.82) is 0 Å². The summed E-state index contributed by atoms with van der Waals surface area (Å²) in [6.07, 6.45) is 2.21. The topological polar surface area (TPSA) is 93.0 Å². The maximum Gasteiger partial charge on any atom is 0.278 e. The lowest BCUT2D eigenvalue weighted by atomic mass is 10.2. The summed E-state index contributed by atoms with van der Waals surface area (Å²) in [6.45, 7) is 2.53. The third-order valence-corrected chi connectivity index (χ3v) is 3.46. The van der Waals surface area contributed by atoms with Gasteiger partial charge in [-0.25, -0.2) is 0 Å². The summed E-state index contributed by atoms with van der Waals surface area (Å²) in [5, 5.41) is 9.69. The van der Waals surface area contributed by atoms with Gasteiger partial charge in [0, 0.05) is 11.6 Å². The van der Waals surface area contributed by atoms with Crippen molar-refractivity contribution in [2.24, 2.45) is 0 Å². The highest BCUT2D eigenvalue weighted by Gasteiger charge is 2.30. The average Bonchev–Trinajstić information content (AvgIpc) is 3.24. The molecule has 1 aliphatic rings. The molecule has 1 aromatic carbocycles. The van der Waals surface area contributed by atoms with Gasteiger partial charge < -0.3 is 15.8 Å². The minimum Gasteiger partial charge on any atom is -0.494 e. The lowest BCUT2D eigenvalue weighted by molar-refractivity contribution is 0.102. The second-order valence-electron chi connectivity index (χ2n) is 5.09. The van der Waals surface area contributed by atoms with Gasteiger partial charge in [-0.1, -0.05) is 0 Å². The fourth-order valence-corrected chi connectivity index (χ4v) is 2.21. The van der Waals surface area contributed by atoms with E-state index in [0.29, 0.717) is 23.9 Å². The predicted octanol–water partition coefficient (Wildman–Crippen LogP) is 2.52. The maximum atomic E-state index is 12.2. The van der Waals surface area contributed by atoms with Crippen molar-refractivity contribution in [3.63, 3.8) is 0 Å². The molecule has 21 heavy (non-hydrogen) atoms. The van der Waals surface area contributed by atoms with E-state index in [9.17, 15) is 4.79 Å². The first-order chi connectivity index (χ1) is 10.2. The number of benzene rings is 1. The number of nitrogens with zero attached hydrogens (tertiary/aromatic N) is 1. The molecule has 6 heteroatoms. The van der Waals surface area contributed by atoms with E-state index >= 15 is 0 Å². The van der Waals surface area contributed by atoms with Gasteiger partial charge in [0.05, 0.1) is 18.0 Å². The van der Waals surface area contributed by atoms with Crippen molar-refractivity contribution in [2.75, 3.05) is 17.7 Å². The van der Waals surface area contributed by atoms with Crippen LogP contribution in [0.4, 0.5) is 11.4 Å². The molecular formula is C15H18N4O2. The molecular weight excluding hydrogens is 268 g/mol. The number of ether oxygens (including phenoxy) is 1. The van der Waals surface area contributed by atoms with E-state index in [2.05, 4.69) is 15.5 Å². The minimum absolute atomic E-state index is 0.255. The van der Waals surface area contributed by atoms with Crippen molar-refractivity contribution < 1.29 is 9.53 Å². The van der Waals surface area contributed by atoms with Crippen LogP contribution in [-0.2, 0) is 0 Å². The van der Waals surface area contributed by atoms with Crippen molar-refractivity contribution in [2.45, 2.75) is 25.7 Å². The van der Waals surface area contributed by atoms with Gasteiger partial charge in [0.25, 0.3) is 5.91 Å². The number of hydrogen-bond donors (Lipinski definition) is 3. The summed E-state index contributed by atoms with van der Waals surface area (Å²) >= 11 is 0. The van der Waals surface area contributed by atoms with Crippen LogP contribution < -0.4 is 15.8 Å². The molecule has 2 aromatic rings. The summed E-state index contributed by atoms with van der Waals surface area (Å²) in [4.78, 5) is 12.2. The minimum atomic E-state index is -0.306. The first-order valence-corrected chi connectivity index (χ1v) is 7.07. The molecule has 3 rings (SSSR count). The number of H-pyrrole nitrogens is 1. The smallest absolute Gasteiger partial charge is 0.278 e. The number of carbonyl (C=O) groups is 1. The van der Waals surface area contributed by atoms with Gasteiger partial charge >= 0.3 is 0 Å². The van der Waals surface area contributed by atoms with E-state index in [4.69, 9.17) is 10.5 Å². The Bertz CT molecular complexity index is 644.